The fourth-order valence-corrected chi connectivity index (χ4v) is 4.28. The summed E-state index contributed by atoms with van der Waals surface area (Å²) in [5, 5.41) is 0. The Labute approximate surface area is 189 Å². The number of aromatic nitrogens is 1. The summed E-state index contributed by atoms with van der Waals surface area (Å²) in [6, 6.07) is 18.8. The van der Waals surface area contributed by atoms with Crippen LogP contribution >= 0.6 is 15.9 Å². The van der Waals surface area contributed by atoms with E-state index in [-0.39, 0.29) is 11.7 Å². The predicted octanol–water partition coefficient (Wildman–Crippen LogP) is 5.06. The van der Waals surface area contributed by atoms with Gasteiger partial charge in [0.1, 0.15) is 0 Å². The molecule has 1 amide bonds. The number of aryl methyl sites for hydroxylation is 1. The number of rotatable bonds is 5. The molecule has 2 aromatic carbocycles. The van der Waals surface area contributed by atoms with Crippen molar-refractivity contribution in [2.24, 2.45) is 5.92 Å². The number of H-pyrrole nitrogens is 1. The van der Waals surface area contributed by atoms with Crippen molar-refractivity contribution in [2.75, 3.05) is 13.1 Å². The maximum atomic E-state index is 12.9. The lowest BCUT2D eigenvalue weighted by Crippen LogP contribution is -2.43. The number of hydrogen-bond donors (Lipinski definition) is 1. The monoisotopic (exact) mass is 478 g/mol. The van der Waals surface area contributed by atoms with E-state index in [4.69, 9.17) is 0 Å². The Morgan fingerprint density at radius 1 is 0.968 bits per heavy atom. The van der Waals surface area contributed by atoms with E-state index in [1.165, 1.54) is 0 Å². The van der Waals surface area contributed by atoms with E-state index in [9.17, 15) is 14.4 Å². The van der Waals surface area contributed by atoms with Crippen molar-refractivity contribution >= 4 is 33.4 Å². The summed E-state index contributed by atoms with van der Waals surface area (Å²) in [6.45, 7) is 2.62. The number of ketones is 2. The number of hydrogen-bond acceptors (Lipinski definition) is 3. The van der Waals surface area contributed by atoms with Crippen molar-refractivity contribution in [3.8, 4) is 11.3 Å². The fourth-order valence-electron chi connectivity index (χ4n) is 4.02. The minimum atomic E-state index is -0.506. The highest BCUT2D eigenvalue weighted by molar-refractivity contribution is 9.10. The zero-order valence-corrected chi connectivity index (χ0v) is 18.8. The van der Waals surface area contributed by atoms with Crippen LogP contribution in [0.25, 0.3) is 11.3 Å². The minimum Gasteiger partial charge on any atom is -0.358 e. The molecule has 1 aliphatic heterocycles. The summed E-state index contributed by atoms with van der Waals surface area (Å²) in [5.74, 6) is -1.04. The van der Waals surface area contributed by atoms with Gasteiger partial charge in [-0.25, -0.2) is 0 Å². The zero-order valence-electron chi connectivity index (χ0n) is 17.2. The van der Waals surface area contributed by atoms with Crippen molar-refractivity contribution in [1.82, 2.24) is 9.88 Å². The van der Waals surface area contributed by atoms with E-state index < -0.39 is 11.7 Å². The molecule has 2 heterocycles. The Morgan fingerprint density at radius 3 is 2.26 bits per heavy atom. The van der Waals surface area contributed by atoms with Crippen molar-refractivity contribution in [3.05, 3.63) is 82.0 Å². The average molecular weight is 479 g/mol. The molecule has 1 aliphatic rings. The van der Waals surface area contributed by atoms with Crippen molar-refractivity contribution < 1.29 is 14.4 Å². The van der Waals surface area contributed by atoms with Gasteiger partial charge in [0, 0.05) is 46.0 Å². The molecular formula is C25H23BrN2O3. The number of nitrogens with one attached hydrogen (secondary N) is 1. The number of aromatic amines is 1. The van der Waals surface area contributed by atoms with Crippen LogP contribution in [0.15, 0.2) is 65.1 Å². The number of halogens is 1. The molecule has 0 saturated carbocycles. The first-order valence-corrected chi connectivity index (χ1v) is 11.1. The number of carbonyl (C=O) groups excluding carboxylic acids is 3. The first kappa shape index (κ1) is 21.2. The normalized spacial score (nSPS) is 14.5. The number of amides is 1. The van der Waals surface area contributed by atoms with Gasteiger partial charge in [0.15, 0.2) is 5.78 Å². The fraction of sp³-hybridized carbons (Fsp3) is 0.240. The molecule has 0 bridgehead atoms. The average Bonchev–Trinajstić information content (AvgIpc) is 3.20. The lowest BCUT2D eigenvalue weighted by Gasteiger charge is -2.30. The van der Waals surface area contributed by atoms with Gasteiger partial charge in [-0.2, -0.15) is 0 Å². The van der Waals surface area contributed by atoms with Crippen LogP contribution in [0.5, 0.6) is 0 Å². The lowest BCUT2D eigenvalue weighted by molar-refractivity contribution is -0.127. The Hall–Kier alpha value is -2.99. The summed E-state index contributed by atoms with van der Waals surface area (Å²) in [4.78, 5) is 43.3. The molecule has 1 aromatic heterocycles. The molecule has 1 fully saturated rings. The molecule has 158 valence electrons. The second-order valence-corrected chi connectivity index (χ2v) is 8.77. The third-order valence-electron chi connectivity index (χ3n) is 5.82. The summed E-state index contributed by atoms with van der Waals surface area (Å²) in [5.41, 5.74) is 3.53. The van der Waals surface area contributed by atoms with Crippen LogP contribution in [-0.4, -0.2) is 40.4 Å². The molecular weight excluding hydrogens is 456 g/mol. The zero-order chi connectivity index (χ0) is 22.0. The van der Waals surface area contributed by atoms with E-state index in [0.717, 1.165) is 15.7 Å². The van der Waals surface area contributed by atoms with Gasteiger partial charge in [0.05, 0.1) is 0 Å². The Bertz CT molecular complexity index is 1110. The van der Waals surface area contributed by atoms with Crippen LogP contribution in [-0.2, 0) is 4.79 Å². The van der Waals surface area contributed by atoms with Gasteiger partial charge in [0.2, 0.25) is 0 Å². The van der Waals surface area contributed by atoms with E-state index in [2.05, 4.69) is 20.9 Å². The summed E-state index contributed by atoms with van der Waals surface area (Å²) >= 11 is 3.38. The largest absolute Gasteiger partial charge is 0.358 e. The highest BCUT2D eigenvalue weighted by atomic mass is 79.9. The number of piperidine rings is 1. The quantitative estimate of drug-likeness (QED) is 0.411. The Kier molecular flexibility index (Phi) is 6.18. The van der Waals surface area contributed by atoms with Crippen LogP contribution in [0, 0.1) is 12.8 Å². The Balaban J connectivity index is 1.41. The van der Waals surface area contributed by atoms with Crippen molar-refractivity contribution in [1.29, 1.82) is 0 Å². The third kappa shape index (κ3) is 4.54. The molecule has 0 unspecified atom stereocenters. The second kappa shape index (κ2) is 9.02. The lowest BCUT2D eigenvalue weighted by atomic mass is 9.88. The summed E-state index contributed by atoms with van der Waals surface area (Å²) in [6.07, 6.45) is 1.13. The van der Waals surface area contributed by atoms with Gasteiger partial charge in [-0.05, 0) is 43.5 Å². The van der Waals surface area contributed by atoms with Gasteiger partial charge in [0.25, 0.3) is 11.7 Å². The van der Waals surface area contributed by atoms with Crippen LogP contribution in [0.2, 0.25) is 0 Å². The molecule has 3 aromatic rings. The van der Waals surface area contributed by atoms with Gasteiger partial charge < -0.3 is 9.88 Å². The second-order valence-electron chi connectivity index (χ2n) is 7.85. The van der Waals surface area contributed by atoms with Crippen LogP contribution < -0.4 is 0 Å². The molecule has 6 heteroatoms. The minimum absolute atomic E-state index is 0.0971. The molecule has 31 heavy (non-hydrogen) atoms. The van der Waals surface area contributed by atoms with Crippen LogP contribution in [0.1, 0.15) is 39.3 Å². The summed E-state index contributed by atoms with van der Waals surface area (Å²) < 4.78 is 0.929. The van der Waals surface area contributed by atoms with Crippen LogP contribution in [0.4, 0.5) is 0 Å². The molecule has 5 nitrogen and oxygen atoms in total. The topological polar surface area (TPSA) is 70.2 Å². The van der Waals surface area contributed by atoms with Crippen molar-refractivity contribution in [2.45, 2.75) is 19.8 Å². The molecule has 4 rings (SSSR count). The number of nitrogens with zero attached hydrogens (tertiary/aromatic N) is 1. The molecule has 1 N–H and O–H groups in total. The Morgan fingerprint density at radius 2 is 1.61 bits per heavy atom. The SMILES string of the molecule is Cc1[nH]c(-c2ccccc2)cc1C(=O)C(=O)N1CCC(C(=O)c2ccc(Br)cc2)CC1. The highest BCUT2D eigenvalue weighted by Gasteiger charge is 2.32. The van der Waals surface area contributed by atoms with Gasteiger partial charge in [-0.1, -0.05) is 58.4 Å². The van der Waals surface area contributed by atoms with Crippen LogP contribution in [0.3, 0.4) is 0 Å². The number of Topliss-reactive ketones (excluding diaryl/α,β-unsaturated/α-hetero) is 2. The van der Waals surface area contributed by atoms with E-state index in [1.807, 2.05) is 54.6 Å². The first-order chi connectivity index (χ1) is 14.9. The third-order valence-corrected chi connectivity index (χ3v) is 6.35. The number of likely N-dealkylation sites (tertiary alicyclic amines) is 1. The van der Waals surface area contributed by atoms with Gasteiger partial charge >= 0.3 is 0 Å². The van der Waals surface area contributed by atoms with Gasteiger partial charge in [-0.3, -0.25) is 14.4 Å². The van der Waals surface area contributed by atoms with E-state index in [1.54, 1.807) is 17.9 Å². The standard InChI is InChI=1S/C25H23BrN2O3/c1-16-21(15-22(27-16)17-5-3-2-4-6-17)24(30)25(31)28-13-11-19(12-14-28)23(29)18-7-9-20(26)10-8-18/h2-10,15,19,27H,11-14H2,1H3. The molecule has 0 aliphatic carbocycles. The van der Waals surface area contributed by atoms with Crippen molar-refractivity contribution in [3.63, 3.8) is 0 Å². The summed E-state index contributed by atoms with van der Waals surface area (Å²) in [7, 11) is 0. The maximum Gasteiger partial charge on any atom is 0.295 e. The van der Waals surface area contributed by atoms with Gasteiger partial charge in [-0.15, -0.1) is 0 Å². The number of carbonyl (C=O) groups is 3. The highest BCUT2D eigenvalue weighted by Crippen LogP contribution is 2.25. The smallest absolute Gasteiger partial charge is 0.295 e. The number of benzene rings is 2. The molecule has 0 radical (unpaired) electrons. The maximum absolute atomic E-state index is 12.9. The van der Waals surface area contributed by atoms with E-state index in [0.29, 0.717) is 42.8 Å². The molecule has 1 saturated heterocycles. The molecule has 0 spiro atoms. The molecule has 0 atom stereocenters. The predicted molar refractivity (Wildman–Crippen MR) is 123 cm³/mol. The van der Waals surface area contributed by atoms with E-state index >= 15 is 0 Å². The first-order valence-electron chi connectivity index (χ1n) is 10.3.